The Morgan fingerprint density at radius 2 is 1.95 bits per heavy atom. The fourth-order valence-corrected chi connectivity index (χ4v) is 3.04. The van der Waals surface area contributed by atoms with E-state index in [1.165, 1.54) is 0 Å². The Kier molecular flexibility index (Phi) is 6.02. The van der Waals surface area contributed by atoms with Gasteiger partial charge in [-0.2, -0.15) is 0 Å². The lowest BCUT2D eigenvalue weighted by Crippen LogP contribution is -2.02. The molecule has 1 aromatic heterocycles. The second-order valence-electron chi connectivity index (χ2n) is 4.63. The number of hydrogen-bond acceptors (Lipinski definition) is 5. The zero-order valence-electron chi connectivity index (χ0n) is 12.5. The molecule has 4 nitrogen and oxygen atoms in total. The zero-order valence-corrected chi connectivity index (χ0v) is 13.3. The van der Waals surface area contributed by atoms with Crippen LogP contribution in [-0.2, 0) is 19.4 Å². The quantitative estimate of drug-likeness (QED) is 0.813. The van der Waals surface area contributed by atoms with Gasteiger partial charge in [0.1, 0.15) is 0 Å². The van der Waals surface area contributed by atoms with E-state index in [9.17, 15) is 5.11 Å². The van der Waals surface area contributed by atoms with Crippen LogP contribution in [0.3, 0.4) is 0 Å². The lowest BCUT2D eigenvalue weighted by Gasteiger charge is -2.09. The van der Waals surface area contributed by atoms with Gasteiger partial charge in [-0.25, -0.2) is 4.98 Å². The first-order valence-corrected chi connectivity index (χ1v) is 7.94. The maximum absolute atomic E-state index is 9.35. The van der Waals surface area contributed by atoms with Crippen LogP contribution in [0.2, 0.25) is 0 Å². The van der Waals surface area contributed by atoms with Crippen LogP contribution in [0.25, 0.3) is 0 Å². The number of ether oxygens (including phenoxy) is 2. The van der Waals surface area contributed by atoms with E-state index in [2.05, 4.69) is 11.9 Å². The molecule has 2 rings (SSSR count). The first kappa shape index (κ1) is 15.8. The van der Waals surface area contributed by atoms with E-state index in [4.69, 9.17) is 9.47 Å². The summed E-state index contributed by atoms with van der Waals surface area (Å²) < 4.78 is 11.0. The minimum atomic E-state index is 0.0698. The van der Waals surface area contributed by atoms with Crippen LogP contribution < -0.4 is 9.47 Å². The summed E-state index contributed by atoms with van der Waals surface area (Å²) in [6.07, 6.45) is 2.69. The zero-order chi connectivity index (χ0) is 15.1. The number of aryl methyl sites for hydroxylation is 1. The van der Waals surface area contributed by atoms with Gasteiger partial charge in [0.15, 0.2) is 11.5 Å². The van der Waals surface area contributed by atoms with Crippen molar-refractivity contribution in [1.82, 2.24) is 4.98 Å². The maximum atomic E-state index is 9.35. The molecule has 0 aliphatic carbocycles. The summed E-state index contributed by atoms with van der Waals surface area (Å²) in [5.74, 6) is 1.48. The normalized spacial score (nSPS) is 10.6. The van der Waals surface area contributed by atoms with Crippen LogP contribution in [0.4, 0.5) is 0 Å². The molecule has 5 heteroatoms. The van der Waals surface area contributed by atoms with Gasteiger partial charge in [-0.05, 0) is 18.6 Å². The van der Waals surface area contributed by atoms with Crippen molar-refractivity contribution >= 4 is 11.3 Å². The fraction of sp³-hybridized carbons (Fsp3) is 0.438. The lowest BCUT2D eigenvalue weighted by atomic mass is 10.2. The highest BCUT2D eigenvalue weighted by Gasteiger charge is 2.10. The molecule has 0 spiro atoms. The molecule has 21 heavy (non-hydrogen) atoms. The molecule has 0 amide bonds. The summed E-state index contributed by atoms with van der Waals surface area (Å²) in [7, 11) is 1.63. The number of benzene rings is 1. The molecule has 0 atom stereocenters. The van der Waals surface area contributed by atoms with Gasteiger partial charge in [-0.1, -0.05) is 25.5 Å². The number of hydrogen-bond donors (Lipinski definition) is 1. The third-order valence-electron chi connectivity index (χ3n) is 3.10. The van der Waals surface area contributed by atoms with Gasteiger partial charge in [-0.15, -0.1) is 11.3 Å². The van der Waals surface area contributed by atoms with E-state index in [0.717, 1.165) is 46.3 Å². The van der Waals surface area contributed by atoms with E-state index < -0.39 is 0 Å². The van der Waals surface area contributed by atoms with Gasteiger partial charge in [0, 0.05) is 6.42 Å². The van der Waals surface area contributed by atoms with Gasteiger partial charge in [0.05, 0.1) is 35.9 Å². The smallest absolute Gasteiger partial charge is 0.161 e. The highest BCUT2D eigenvalue weighted by atomic mass is 32.1. The molecule has 0 saturated carbocycles. The Bertz CT molecular complexity index is 568. The van der Waals surface area contributed by atoms with Gasteiger partial charge in [0.25, 0.3) is 0 Å². The van der Waals surface area contributed by atoms with Crippen molar-refractivity contribution in [1.29, 1.82) is 0 Å². The van der Waals surface area contributed by atoms with Crippen molar-refractivity contribution < 1.29 is 14.6 Å². The minimum absolute atomic E-state index is 0.0698. The molecule has 2 aromatic rings. The average Bonchev–Trinajstić information content (AvgIpc) is 2.90. The largest absolute Gasteiger partial charge is 0.493 e. The van der Waals surface area contributed by atoms with Gasteiger partial charge in [-0.3, -0.25) is 0 Å². The number of para-hydroxylation sites is 2. The second-order valence-corrected chi connectivity index (χ2v) is 5.80. The minimum Gasteiger partial charge on any atom is -0.493 e. The van der Waals surface area contributed by atoms with Crippen LogP contribution in [0, 0.1) is 0 Å². The van der Waals surface area contributed by atoms with E-state index in [1.54, 1.807) is 18.4 Å². The highest BCUT2D eigenvalue weighted by Crippen LogP contribution is 2.26. The van der Waals surface area contributed by atoms with E-state index in [1.807, 2.05) is 24.3 Å². The summed E-state index contributed by atoms with van der Waals surface area (Å²) in [4.78, 5) is 5.57. The van der Waals surface area contributed by atoms with Crippen molar-refractivity contribution in [2.24, 2.45) is 0 Å². The summed E-state index contributed by atoms with van der Waals surface area (Å²) >= 11 is 1.57. The maximum Gasteiger partial charge on any atom is 0.161 e. The number of methoxy groups -OCH3 is 1. The Hall–Kier alpha value is -1.59. The molecule has 0 unspecified atom stereocenters. The molecule has 0 bridgehead atoms. The Labute approximate surface area is 129 Å². The number of nitrogens with zero attached hydrogens (tertiary/aromatic N) is 1. The van der Waals surface area contributed by atoms with Gasteiger partial charge >= 0.3 is 0 Å². The van der Waals surface area contributed by atoms with Crippen LogP contribution in [0.15, 0.2) is 24.3 Å². The Balaban J connectivity index is 1.94. The van der Waals surface area contributed by atoms with Gasteiger partial charge in [0.2, 0.25) is 0 Å². The monoisotopic (exact) mass is 307 g/mol. The Morgan fingerprint density at radius 3 is 2.62 bits per heavy atom. The van der Waals surface area contributed by atoms with Gasteiger partial charge < -0.3 is 14.6 Å². The second kappa shape index (κ2) is 8.00. The lowest BCUT2D eigenvalue weighted by molar-refractivity contribution is 0.284. The van der Waals surface area contributed by atoms with Crippen molar-refractivity contribution in [2.45, 2.75) is 32.8 Å². The van der Waals surface area contributed by atoms with Crippen molar-refractivity contribution in [3.05, 3.63) is 39.8 Å². The predicted octanol–water partition coefficient (Wildman–Crippen LogP) is 3.22. The Morgan fingerprint density at radius 1 is 1.19 bits per heavy atom. The van der Waals surface area contributed by atoms with Crippen LogP contribution in [0.5, 0.6) is 11.5 Å². The highest BCUT2D eigenvalue weighted by molar-refractivity contribution is 7.11. The van der Waals surface area contributed by atoms with Crippen LogP contribution in [-0.4, -0.2) is 23.8 Å². The molecule has 1 heterocycles. The van der Waals surface area contributed by atoms with E-state index >= 15 is 0 Å². The van der Waals surface area contributed by atoms with E-state index in [-0.39, 0.29) is 6.61 Å². The number of rotatable bonds is 8. The topological polar surface area (TPSA) is 51.6 Å². The predicted molar refractivity (Wildman–Crippen MR) is 84.2 cm³/mol. The summed E-state index contributed by atoms with van der Waals surface area (Å²) in [6, 6.07) is 7.60. The van der Waals surface area contributed by atoms with E-state index in [0.29, 0.717) is 6.61 Å². The third-order valence-corrected chi connectivity index (χ3v) is 4.24. The fourth-order valence-electron chi connectivity index (χ4n) is 2.09. The average molecular weight is 307 g/mol. The first-order chi connectivity index (χ1) is 10.3. The molecule has 0 radical (unpaired) electrons. The van der Waals surface area contributed by atoms with Crippen molar-refractivity contribution in [3.63, 3.8) is 0 Å². The molecule has 0 aliphatic rings. The van der Waals surface area contributed by atoms with Crippen LogP contribution >= 0.6 is 11.3 Å². The summed E-state index contributed by atoms with van der Waals surface area (Å²) in [6.45, 7) is 2.73. The summed E-state index contributed by atoms with van der Waals surface area (Å²) in [5, 5.41) is 10.4. The molecular formula is C16H21NO3S. The van der Waals surface area contributed by atoms with Crippen molar-refractivity contribution in [3.8, 4) is 11.5 Å². The molecule has 0 aliphatic heterocycles. The van der Waals surface area contributed by atoms with Crippen LogP contribution in [0.1, 0.15) is 28.9 Å². The first-order valence-electron chi connectivity index (χ1n) is 7.12. The molecule has 0 saturated heterocycles. The third kappa shape index (κ3) is 4.19. The SMILES string of the molecule is CCCc1nc(CCOc2ccccc2OC)sc1CO. The summed E-state index contributed by atoms with van der Waals surface area (Å²) in [5.41, 5.74) is 1.03. The number of aliphatic hydroxyl groups is 1. The standard InChI is InChI=1S/C16H21NO3S/c1-3-6-12-15(11-18)21-16(17-12)9-10-20-14-8-5-4-7-13(14)19-2/h4-5,7-8,18H,3,6,9-11H2,1-2H3. The van der Waals surface area contributed by atoms with Crippen molar-refractivity contribution in [2.75, 3.05) is 13.7 Å². The number of aromatic nitrogens is 1. The molecule has 114 valence electrons. The number of thiazole rings is 1. The molecule has 0 fully saturated rings. The molecule has 1 N–H and O–H groups in total. The molecule has 1 aromatic carbocycles. The number of aliphatic hydroxyl groups excluding tert-OH is 1. The molecular weight excluding hydrogens is 286 g/mol.